The molecule has 3 heterocycles. The molecule has 0 saturated heterocycles. The Bertz CT molecular complexity index is 1870. The van der Waals surface area contributed by atoms with E-state index in [1.807, 2.05) is 57.2 Å². The summed E-state index contributed by atoms with van der Waals surface area (Å²) in [5, 5.41) is 21.2. The van der Waals surface area contributed by atoms with Crippen molar-refractivity contribution in [1.82, 2.24) is 25.9 Å². The predicted octanol–water partition coefficient (Wildman–Crippen LogP) is 5.48. The van der Waals surface area contributed by atoms with Gasteiger partial charge in [0.05, 0.1) is 29.9 Å². The third-order valence-corrected chi connectivity index (χ3v) is 7.19. The minimum Gasteiger partial charge on any atom is -0.470 e. The van der Waals surface area contributed by atoms with Gasteiger partial charge in [-0.3, -0.25) is 9.59 Å². The topological polar surface area (TPSA) is 141 Å². The number of dihydropyridines is 1. The number of nitrogens with one attached hydrogen (secondary N) is 4. The number of benzene rings is 2. The van der Waals surface area contributed by atoms with E-state index in [9.17, 15) is 23.6 Å². The molecule has 0 radical (unpaired) electrons. The first kappa shape index (κ1) is 31.6. The fraction of sp³-hybridized carbons (Fsp3) is 0.206. The SMILES string of the molecule is CC(NC(=O)c1nc(C#N)cnc1NCc1ccc(C2=COC=C3NC=C(NC(=O)C(C)(C)C)C=C32)cc1)c1ccc(F)c(F)c1. The number of halogens is 2. The average Bonchev–Trinajstić information content (AvgIpc) is 3.04. The van der Waals surface area contributed by atoms with Crippen LogP contribution in [0.4, 0.5) is 14.6 Å². The molecule has 12 heteroatoms. The van der Waals surface area contributed by atoms with E-state index in [2.05, 4.69) is 31.2 Å². The zero-order valence-corrected chi connectivity index (χ0v) is 25.5. The van der Waals surface area contributed by atoms with Gasteiger partial charge in [0.1, 0.15) is 12.3 Å². The Hall–Kier alpha value is -5.83. The minimum atomic E-state index is -1.03. The van der Waals surface area contributed by atoms with Gasteiger partial charge >= 0.3 is 0 Å². The Balaban J connectivity index is 1.29. The highest BCUT2D eigenvalue weighted by atomic mass is 19.2. The van der Waals surface area contributed by atoms with Crippen molar-refractivity contribution in [2.24, 2.45) is 5.41 Å². The van der Waals surface area contributed by atoms with E-state index in [1.54, 1.807) is 25.6 Å². The van der Waals surface area contributed by atoms with Crippen LogP contribution in [0.25, 0.3) is 5.57 Å². The minimum absolute atomic E-state index is 0.0561. The quantitative estimate of drug-likeness (QED) is 0.259. The van der Waals surface area contributed by atoms with Crippen LogP contribution in [0.3, 0.4) is 0 Å². The van der Waals surface area contributed by atoms with E-state index in [4.69, 9.17) is 4.74 Å². The zero-order chi connectivity index (χ0) is 33.0. The Labute approximate surface area is 264 Å². The van der Waals surface area contributed by atoms with Crippen LogP contribution in [-0.2, 0) is 16.1 Å². The number of allylic oxidation sites excluding steroid dienone is 2. The van der Waals surface area contributed by atoms with Gasteiger partial charge in [-0.2, -0.15) is 5.26 Å². The monoisotopic (exact) mass is 623 g/mol. The van der Waals surface area contributed by atoms with Crippen LogP contribution >= 0.6 is 0 Å². The number of hydrogen-bond donors (Lipinski definition) is 4. The molecule has 10 nitrogen and oxygen atoms in total. The lowest BCUT2D eigenvalue weighted by Gasteiger charge is -2.25. The summed E-state index contributed by atoms with van der Waals surface area (Å²) in [6.45, 7) is 7.42. The second-order valence-corrected chi connectivity index (χ2v) is 11.7. The standard InChI is InChI=1S/C34H31F2N7O3/c1-19(22-9-10-27(35)28(36)11-22)41-32(44)30-31(40-16-24(13-37)42-30)39-14-20-5-7-21(8-6-20)26-17-46-18-29-25(26)12-23(15-38-29)43-33(45)34(2,3)4/h5-12,15-19,38H,14H2,1-4H3,(H,39,40)(H,41,44)(H,43,45). The first-order valence-electron chi connectivity index (χ1n) is 14.4. The first-order chi connectivity index (χ1) is 21.9. The van der Waals surface area contributed by atoms with Gasteiger partial charge in [-0.15, -0.1) is 0 Å². The van der Waals surface area contributed by atoms with Crippen LogP contribution < -0.4 is 21.3 Å². The van der Waals surface area contributed by atoms with Crippen LogP contribution in [0, 0.1) is 28.4 Å². The average molecular weight is 624 g/mol. The van der Waals surface area contributed by atoms with Gasteiger partial charge in [0.15, 0.2) is 28.8 Å². The van der Waals surface area contributed by atoms with Gasteiger partial charge in [-0.25, -0.2) is 18.7 Å². The largest absolute Gasteiger partial charge is 0.470 e. The number of anilines is 1. The maximum Gasteiger partial charge on any atom is 0.274 e. The van der Waals surface area contributed by atoms with Crippen molar-refractivity contribution in [3.05, 3.63) is 130 Å². The van der Waals surface area contributed by atoms with Crippen LogP contribution in [0.1, 0.15) is 66.6 Å². The first-order valence-corrected chi connectivity index (χ1v) is 14.4. The van der Waals surface area contributed by atoms with Crippen LogP contribution in [0.2, 0.25) is 0 Å². The summed E-state index contributed by atoms with van der Waals surface area (Å²) in [5.41, 5.74) is 4.40. The molecule has 2 aromatic carbocycles. The lowest BCUT2D eigenvalue weighted by atomic mass is 9.92. The van der Waals surface area contributed by atoms with Crippen molar-refractivity contribution in [3.63, 3.8) is 0 Å². The lowest BCUT2D eigenvalue weighted by molar-refractivity contribution is -0.127. The number of rotatable bonds is 8. The van der Waals surface area contributed by atoms with E-state index in [1.165, 1.54) is 12.3 Å². The molecule has 3 aromatic rings. The molecular formula is C34H31F2N7O3. The number of amides is 2. The number of carbonyl (C=O) groups excluding carboxylic acids is 2. The van der Waals surface area contributed by atoms with Crippen LogP contribution in [0.15, 0.2) is 90.4 Å². The number of nitrogens with zero attached hydrogens (tertiary/aromatic N) is 3. The highest BCUT2D eigenvalue weighted by Crippen LogP contribution is 2.33. The molecule has 5 rings (SSSR count). The molecule has 234 valence electrons. The van der Waals surface area contributed by atoms with Gasteiger partial charge in [-0.05, 0) is 41.8 Å². The van der Waals surface area contributed by atoms with Crippen LogP contribution in [0.5, 0.6) is 0 Å². The Kier molecular flexibility index (Phi) is 8.95. The molecule has 0 spiro atoms. The molecule has 2 aliphatic heterocycles. The van der Waals surface area contributed by atoms with E-state index in [0.29, 0.717) is 11.3 Å². The highest BCUT2D eigenvalue weighted by molar-refractivity contribution is 5.97. The van der Waals surface area contributed by atoms with E-state index >= 15 is 0 Å². The fourth-order valence-corrected chi connectivity index (χ4v) is 4.53. The Morgan fingerprint density at radius 3 is 2.52 bits per heavy atom. The van der Waals surface area contributed by atoms with Gasteiger partial charge in [0.2, 0.25) is 5.91 Å². The van der Waals surface area contributed by atoms with Crippen molar-refractivity contribution in [3.8, 4) is 6.07 Å². The molecule has 1 unspecified atom stereocenters. The van der Waals surface area contributed by atoms with Crippen molar-refractivity contribution in [1.29, 1.82) is 5.26 Å². The summed E-state index contributed by atoms with van der Waals surface area (Å²) in [5.74, 6) is -2.62. The Morgan fingerprint density at radius 2 is 1.83 bits per heavy atom. The lowest BCUT2D eigenvalue weighted by Crippen LogP contribution is -2.35. The third-order valence-electron chi connectivity index (χ3n) is 7.19. The number of hydrogen-bond acceptors (Lipinski definition) is 8. The van der Waals surface area contributed by atoms with Crippen molar-refractivity contribution < 1.29 is 23.1 Å². The van der Waals surface area contributed by atoms with Gasteiger partial charge in [0.25, 0.3) is 5.91 Å². The van der Waals surface area contributed by atoms with Gasteiger partial charge < -0.3 is 26.0 Å². The van der Waals surface area contributed by atoms with Crippen molar-refractivity contribution in [2.45, 2.75) is 40.3 Å². The summed E-state index contributed by atoms with van der Waals surface area (Å²) in [7, 11) is 0. The molecule has 46 heavy (non-hydrogen) atoms. The van der Waals surface area contributed by atoms with E-state index < -0.39 is 29.0 Å². The molecule has 2 aliphatic rings. The molecule has 1 atom stereocenters. The van der Waals surface area contributed by atoms with E-state index in [0.717, 1.165) is 40.1 Å². The van der Waals surface area contributed by atoms with Gasteiger partial charge in [-0.1, -0.05) is 51.1 Å². The summed E-state index contributed by atoms with van der Waals surface area (Å²) >= 11 is 0. The zero-order valence-electron chi connectivity index (χ0n) is 25.5. The molecule has 1 aromatic heterocycles. The second-order valence-electron chi connectivity index (χ2n) is 11.7. The normalized spacial score (nSPS) is 14.5. The predicted molar refractivity (Wildman–Crippen MR) is 167 cm³/mol. The summed E-state index contributed by atoms with van der Waals surface area (Å²) < 4.78 is 32.7. The maximum absolute atomic E-state index is 13.7. The molecule has 2 amide bonds. The fourth-order valence-electron chi connectivity index (χ4n) is 4.53. The Morgan fingerprint density at radius 1 is 1.07 bits per heavy atom. The number of aromatic nitrogens is 2. The number of ether oxygens (including phenoxy) is 1. The third kappa shape index (κ3) is 7.10. The van der Waals surface area contributed by atoms with Crippen LogP contribution in [-0.4, -0.2) is 21.8 Å². The van der Waals surface area contributed by atoms with Crippen molar-refractivity contribution >= 4 is 23.2 Å². The molecule has 0 bridgehead atoms. The number of carbonyl (C=O) groups is 2. The summed E-state index contributed by atoms with van der Waals surface area (Å²) in [4.78, 5) is 34.0. The molecular weight excluding hydrogens is 592 g/mol. The number of nitriles is 1. The molecule has 0 saturated carbocycles. The van der Waals surface area contributed by atoms with Crippen molar-refractivity contribution in [2.75, 3.05) is 5.32 Å². The second kappa shape index (κ2) is 13.0. The smallest absolute Gasteiger partial charge is 0.274 e. The van der Waals surface area contributed by atoms with Gasteiger partial charge in [0, 0.05) is 29.3 Å². The highest BCUT2D eigenvalue weighted by Gasteiger charge is 2.25. The molecule has 4 N–H and O–H groups in total. The maximum atomic E-state index is 13.7. The molecule has 0 aliphatic carbocycles. The molecule has 0 fully saturated rings. The summed E-state index contributed by atoms with van der Waals surface area (Å²) in [6.07, 6.45) is 8.08. The number of fused-ring (bicyclic) bond motifs is 1. The summed E-state index contributed by atoms with van der Waals surface area (Å²) in [6, 6.07) is 12.2. The van der Waals surface area contributed by atoms with E-state index in [-0.39, 0.29) is 29.7 Å².